The van der Waals surface area contributed by atoms with Gasteiger partial charge < -0.3 is 15.0 Å². The summed E-state index contributed by atoms with van der Waals surface area (Å²) in [5, 5.41) is 17.2. The molecule has 2 aromatic carbocycles. The van der Waals surface area contributed by atoms with Crippen LogP contribution < -0.4 is 15.0 Å². The molecule has 8 heteroatoms. The summed E-state index contributed by atoms with van der Waals surface area (Å²) in [4.78, 5) is 15.2. The van der Waals surface area contributed by atoms with Crippen molar-refractivity contribution >= 4 is 11.6 Å². The third kappa shape index (κ3) is 4.49. The van der Waals surface area contributed by atoms with Crippen molar-refractivity contribution in [2.24, 2.45) is 5.92 Å². The largest absolute Gasteiger partial charge is 0.453 e. The van der Waals surface area contributed by atoms with Crippen LogP contribution in [0, 0.1) is 23.1 Å². The van der Waals surface area contributed by atoms with Gasteiger partial charge in [-0.3, -0.25) is 9.48 Å². The summed E-state index contributed by atoms with van der Waals surface area (Å²) in [5.41, 5.74) is 3.69. The lowest BCUT2D eigenvalue weighted by Gasteiger charge is -2.36. The molecule has 3 aliphatic rings. The number of fused-ring (bicyclic) bond motifs is 1. The first kappa shape index (κ1) is 23.7. The summed E-state index contributed by atoms with van der Waals surface area (Å²) in [6, 6.07) is 10.6. The normalized spacial score (nSPS) is 19.8. The van der Waals surface area contributed by atoms with Gasteiger partial charge in [0.2, 0.25) is 5.91 Å². The van der Waals surface area contributed by atoms with Gasteiger partial charge in [0.15, 0.2) is 11.6 Å². The lowest BCUT2D eigenvalue weighted by molar-refractivity contribution is -0.120. The van der Waals surface area contributed by atoms with E-state index in [4.69, 9.17) is 10.00 Å². The second-order valence-corrected chi connectivity index (χ2v) is 10.4. The maximum absolute atomic E-state index is 15.0. The van der Waals surface area contributed by atoms with Crippen molar-refractivity contribution in [1.82, 2.24) is 15.1 Å². The third-order valence-corrected chi connectivity index (χ3v) is 7.78. The fraction of sp³-hybridized carbons (Fsp3) is 0.414. The van der Waals surface area contributed by atoms with E-state index in [1.165, 1.54) is 12.1 Å². The van der Waals surface area contributed by atoms with E-state index in [1.54, 1.807) is 6.07 Å². The number of carbonyl (C=O) groups is 1. The molecule has 0 bridgehead atoms. The Morgan fingerprint density at radius 3 is 2.70 bits per heavy atom. The Morgan fingerprint density at radius 1 is 1.16 bits per heavy atom. The van der Waals surface area contributed by atoms with Crippen LogP contribution in [0.15, 0.2) is 42.7 Å². The number of amides is 1. The van der Waals surface area contributed by atoms with Gasteiger partial charge in [0.25, 0.3) is 0 Å². The maximum Gasteiger partial charge on any atom is 0.230 e. The fourth-order valence-corrected chi connectivity index (χ4v) is 5.52. The molecule has 0 unspecified atom stereocenters. The number of carbonyl (C=O) groups excluding carboxylic acids is 1. The number of rotatable bonds is 5. The van der Waals surface area contributed by atoms with Gasteiger partial charge in [-0.05, 0) is 88.9 Å². The molecule has 3 heterocycles. The Labute approximate surface area is 215 Å². The summed E-state index contributed by atoms with van der Waals surface area (Å²) in [7, 11) is 0. The number of ether oxygens (including phenoxy) is 1. The van der Waals surface area contributed by atoms with Crippen LogP contribution in [-0.4, -0.2) is 34.8 Å². The molecule has 7 nitrogen and oxygen atoms in total. The van der Waals surface area contributed by atoms with Crippen molar-refractivity contribution < 1.29 is 13.9 Å². The average molecular weight is 500 g/mol. The number of piperidine rings is 1. The van der Waals surface area contributed by atoms with E-state index >= 15 is 0 Å². The van der Waals surface area contributed by atoms with Crippen LogP contribution in [0.1, 0.15) is 56.2 Å². The zero-order valence-electron chi connectivity index (χ0n) is 20.9. The Balaban J connectivity index is 1.45. The smallest absolute Gasteiger partial charge is 0.230 e. The van der Waals surface area contributed by atoms with Gasteiger partial charge in [0, 0.05) is 34.8 Å². The molecule has 1 aromatic heterocycles. The lowest BCUT2D eigenvalue weighted by atomic mass is 9.92. The summed E-state index contributed by atoms with van der Waals surface area (Å²) in [5.74, 6) is 0.264. The van der Waals surface area contributed by atoms with Crippen molar-refractivity contribution in [3.63, 3.8) is 0 Å². The highest BCUT2D eigenvalue weighted by molar-refractivity contribution is 5.99. The molecule has 1 saturated heterocycles. The number of nitrogens with one attached hydrogen (secondary N) is 1. The van der Waals surface area contributed by atoms with Gasteiger partial charge in [-0.1, -0.05) is 0 Å². The highest BCUT2D eigenvalue weighted by Gasteiger charge is 2.39. The molecule has 1 saturated carbocycles. The minimum atomic E-state index is -0.594. The van der Waals surface area contributed by atoms with E-state index in [0.29, 0.717) is 18.2 Å². The number of hydrogen-bond acceptors (Lipinski definition) is 5. The molecule has 6 rings (SSSR count). The quantitative estimate of drug-likeness (QED) is 0.511. The molecule has 0 radical (unpaired) electrons. The topological polar surface area (TPSA) is 83.2 Å². The number of halogens is 1. The number of nitrogens with zero attached hydrogens (tertiary/aromatic N) is 4. The molecule has 3 aromatic rings. The summed E-state index contributed by atoms with van der Waals surface area (Å²) >= 11 is 0. The van der Waals surface area contributed by atoms with Crippen LogP contribution in [0.2, 0.25) is 0 Å². The molecular formula is C29H30FN5O2. The van der Waals surface area contributed by atoms with Crippen molar-refractivity contribution in [2.45, 2.75) is 57.5 Å². The highest BCUT2D eigenvalue weighted by atomic mass is 19.1. The molecule has 190 valence electrons. The third-order valence-electron chi connectivity index (χ3n) is 7.78. The first-order valence-electron chi connectivity index (χ1n) is 13.1. The van der Waals surface area contributed by atoms with Crippen LogP contribution in [0.25, 0.3) is 11.1 Å². The van der Waals surface area contributed by atoms with E-state index in [-0.39, 0.29) is 29.2 Å². The predicted molar refractivity (Wildman–Crippen MR) is 138 cm³/mol. The number of aromatic nitrogens is 2. The van der Waals surface area contributed by atoms with Gasteiger partial charge >= 0.3 is 0 Å². The van der Waals surface area contributed by atoms with Crippen LogP contribution in [-0.2, 0) is 11.2 Å². The van der Waals surface area contributed by atoms with E-state index in [9.17, 15) is 9.18 Å². The maximum atomic E-state index is 15.0. The van der Waals surface area contributed by atoms with Crippen LogP contribution in [0.5, 0.6) is 11.5 Å². The molecule has 2 aliphatic heterocycles. The van der Waals surface area contributed by atoms with E-state index in [0.717, 1.165) is 67.6 Å². The Kier molecular flexibility index (Phi) is 6.17. The minimum Gasteiger partial charge on any atom is -0.453 e. The van der Waals surface area contributed by atoms with Crippen LogP contribution >= 0.6 is 0 Å². The van der Waals surface area contributed by atoms with Crippen LogP contribution in [0.4, 0.5) is 10.1 Å². The van der Waals surface area contributed by atoms with Gasteiger partial charge in [-0.15, -0.1) is 0 Å². The summed E-state index contributed by atoms with van der Waals surface area (Å²) < 4.78 is 23.3. The van der Waals surface area contributed by atoms with Crippen molar-refractivity contribution in [1.29, 1.82) is 5.26 Å². The second-order valence-electron chi connectivity index (χ2n) is 10.4. The zero-order valence-corrected chi connectivity index (χ0v) is 20.9. The second kappa shape index (κ2) is 9.64. The Bertz CT molecular complexity index is 1380. The van der Waals surface area contributed by atoms with Crippen molar-refractivity contribution in [3.8, 4) is 28.7 Å². The number of benzene rings is 2. The molecule has 1 aliphatic carbocycles. The Hall–Kier alpha value is -3.70. The van der Waals surface area contributed by atoms with Crippen molar-refractivity contribution in [3.05, 3.63) is 59.7 Å². The first-order chi connectivity index (χ1) is 18.0. The first-order valence-corrected chi connectivity index (χ1v) is 13.1. The van der Waals surface area contributed by atoms with E-state index in [1.807, 2.05) is 40.2 Å². The van der Waals surface area contributed by atoms with Crippen LogP contribution in [0.3, 0.4) is 0 Å². The van der Waals surface area contributed by atoms with E-state index < -0.39 is 5.82 Å². The fourth-order valence-electron chi connectivity index (χ4n) is 5.52. The van der Waals surface area contributed by atoms with E-state index in [2.05, 4.69) is 17.3 Å². The predicted octanol–water partition coefficient (Wildman–Crippen LogP) is 5.36. The highest BCUT2D eigenvalue weighted by Crippen LogP contribution is 2.46. The molecule has 1 atom stereocenters. The number of nitriles is 1. The van der Waals surface area contributed by atoms with Gasteiger partial charge in [-0.2, -0.15) is 10.4 Å². The lowest BCUT2D eigenvalue weighted by Crippen LogP contribution is -2.43. The van der Waals surface area contributed by atoms with Crippen molar-refractivity contribution in [2.75, 3.05) is 18.0 Å². The minimum absolute atomic E-state index is 0.0538. The molecule has 0 spiro atoms. The Morgan fingerprint density at radius 2 is 1.97 bits per heavy atom. The number of hydrogen-bond donors (Lipinski definition) is 1. The van der Waals surface area contributed by atoms with Gasteiger partial charge in [-0.25, -0.2) is 4.39 Å². The standard InChI is InChI=1S/C29H30FN5O2/c1-18-2-6-24-26(35(18)29(36)20-4-5-20)8-7-23(21-16-33-34(17-21)22-10-12-32-13-11-22)28(24)37-27-9-3-19(15-31)14-25(27)30/h3,7-9,14,16-18,20,22,32H,2,4-6,10-13H2,1H3/t18-/m0/s1. The number of anilines is 1. The molecule has 1 amide bonds. The zero-order chi connectivity index (χ0) is 25.5. The molecule has 1 N–H and O–H groups in total. The molecular weight excluding hydrogens is 469 g/mol. The van der Waals surface area contributed by atoms with Gasteiger partial charge in [0.05, 0.1) is 29.6 Å². The summed E-state index contributed by atoms with van der Waals surface area (Å²) in [6.07, 6.45) is 9.30. The van der Waals surface area contributed by atoms with Gasteiger partial charge in [0.1, 0.15) is 5.75 Å². The molecule has 37 heavy (non-hydrogen) atoms. The molecule has 2 fully saturated rings. The summed E-state index contributed by atoms with van der Waals surface area (Å²) in [6.45, 7) is 4.02. The monoisotopic (exact) mass is 499 g/mol. The average Bonchev–Trinajstić information content (AvgIpc) is 3.66. The SMILES string of the molecule is C[C@H]1CCc2c(ccc(-c3cnn(C4CCNCC4)c3)c2Oc2ccc(C#N)cc2F)N1C(=O)C1CC1.